The van der Waals surface area contributed by atoms with Gasteiger partial charge in [-0.05, 0) is 31.9 Å². The molecule has 2 N–H and O–H groups in total. The fraction of sp³-hybridized carbons (Fsp3) is 0.263. The van der Waals surface area contributed by atoms with Gasteiger partial charge < -0.3 is 15.0 Å². The van der Waals surface area contributed by atoms with Gasteiger partial charge >= 0.3 is 0 Å². The summed E-state index contributed by atoms with van der Waals surface area (Å²) in [5.41, 5.74) is 4.54. The number of hydrogen-bond acceptors (Lipinski definition) is 5. The number of amides is 1. The second-order valence-corrected chi connectivity index (χ2v) is 6.15. The van der Waals surface area contributed by atoms with E-state index < -0.39 is 0 Å². The molecule has 7 nitrogen and oxygen atoms in total. The lowest BCUT2D eigenvalue weighted by Gasteiger charge is -2.12. The van der Waals surface area contributed by atoms with Gasteiger partial charge in [-0.1, -0.05) is 23.8 Å². The number of H-pyrrole nitrogens is 1. The first kappa shape index (κ1) is 20.5. The zero-order chi connectivity index (χ0) is 18.8. The Bertz CT molecular complexity index is 990. The van der Waals surface area contributed by atoms with Crippen LogP contribution in [0.3, 0.4) is 0 Å². The molecule has 0 bridgehead atoms. The van der Waals surface area contributed by atoms with Crippen molar-refractivity contribution in [1.82, 2.24) is 19.9 Å². The number of benzene rings is 1. The summed E-state index contributed by atoms with van der Waals surface area (Å²) in [5, 5.41) is 2.89. The molecule has 1 unspecified atom stereocenters. The second kappa shape index (κ2) is 8.27. The van der Waals surface area contributed by atoms with Crippen LogP contribution < -0.4 is 10.1 Å². The molecule has 0 saturated carbocycles. The lowest BCUT2D eigenvalue weighted by atomic mass is 9.99. The molecule has 0 radical (unpaired) electrons. The van der Waals surface area contributed by atoms with E-state index in [1.807, 2.05) is 32.9 Å². The van der Waals surface area contributed by atoms with E-state index in [4.69, 9.17) is 4.74 Å². The highest BCUT2D eigenvalue weighted by Crippen LogP contribution is 2.23. The standard InChI is InChI=1S/C19H21N5O2.H3P/c1-6-7-13-20-16(15-17(21-13)24-19(22-15)26-5)23-18(25)14-11(3)8-10(2)9-12(14)4;/h6,8-9H,1,7H2,2-5H3,(H2,20,21,22,23,24,25);1H3. The van der Waals surface area contributed by atoms with Gasteiger partial charge in [0.25, 0.3) is 11.9 Å². The van der Waals surface area contributed by atoms with Crippen LogP contribution in [0.1, 0.15) is 32.9 Å². The number of ether oxygens (including phenoxy) is 1. The molecule has 0 aliphatic carbocycles. The van der Waals surface area contributed by atoms with Crippen molar-refractivity contribution < 1.29 is 9.53 Å². The molecular weight excluding hydrogens is 361 g/mol. The smallest absolute Gasteiger partial charge is 0.295 e. The Hall–Kier alpha value is -2.79. The first-order valence-electron chi connectivity index (χ1n) is 8.23. The molecule has 0 aliphatic rings. The van der Waals surface area contributed by atoms with E-state index in [0.717, 1.165) is 16.7 Å². The number of anilines is 1. The number of imidazole rings is 1. The average Bonchev–Trinajstić information content (AvgIpc) is 2.97. The maximum atomic E-state index is 12.9. The van der Waals surface area contributed by atoms with Crippen molar-refractivity contribution in [3.63, 3.8) is 0 Å². The van der Waals surface area contributed by atoms with E-state index >= 15 is 0 Å². The SMILES string of the molecule is C=CCc1nc(NC(=O)c2c(C)cc(C)cc2C)c2[nH]c(OC)nc2n1.P. The van der Waals surface area contributed by atoms with Gasteiger partial charge in [-0.2, -0.15) is 14.9 Å². The maximum absolute atomic E-state index is 12.9. The van der Waals surface area contributed by atoms with Crippen LogP contribution in [0.4, 0.5) is 5.82 Å². The van der Waals surface area contributed by atoms with Crippen molar-refractivity contribution in [2.45, 2.75) is 27.2 Å². The topological polar surface area (TPSA) is 92.8 Å². The lowest BCUT2D eigenvalue weighted by molar-refractivity contribution is 0.102. The van der Waals surface area contributed by atoms with Crippen molar-refractivity contribution in [3.05, 3.63) is 52.9 Å². The van der Waals surface area contributed by atoms with Crippen LogP contribution in [0.2, 0.25) is 0 Å². The highest BCUT2D eigenvalue weighted by molar-refractivity contribution is 6.92. The molecule has 2 aromatic heterocycles. The van der Waals surface area contributed by atoms with Crippen LogP contribution in [0.25, 0.3) is 11.2 Å². The van der Waals surface area contributed by atoms with Crippen molar-refractivity contribution >= 4 is 32.8 Å². The van der Waals surface area contributed by atoms with Gasteiger partial charge in [0.2, 0.25) is 0 Å². The molecular formula is C19H24N5O2P. The Balaban J connectivity index is 0.00000261. The Labute approximate surface area is 161 Å². The van der Waals surface area contributed by atoms with Gasteiger partial charge in [-0.25, -0.2) is 9.97 Å². The van der Waals surface area contributed by atoms with E-state index in [0.29, 0.717) is 40.8 Å². The molecule has 0 saturated heterocycles. The van der Waals surface area contributed by atoms with Crippen LogP contribution in [-0.2, 0) is 6.42 Å². The summed E-state index contributed by atoms with van der Waals surface area (Å²) in [6.45, 7) is 9.56. The Morgan fingerprint density at radius 1 is 1.22 bits per heavy atom. The van der Waals surface area contributed by atoms with Crippen molar-refractivity contribution in [1.29, 1.82) is 0 Å². The monoisotopic (exact) mass is 385 g/mol. The molecule has 8 heteroatoms. The largest absolute Gasteiger partial charge is 0.468 e. The number of carbonyl (C=O) groups is 1. The highest BCUT2D eigenvalue weighted by Gasteiger charge is 2.18. The van der Waals surface area contributed by atoms with E-state index in [1.54, 1.807) is 6.08 Å². The number of aromatic nitrogens is 4. The molecule has 0 fully saturated rings. The van der Waals surface area contributed by atoms with Gasteiger partial charge in [-0.3, -0.25) is 4.79 Å². The van der Waals surface area contributed by atoms with Crippen LogP contribution in [0.5, 0.6) is 6.01 Å². The molecule has 0 spiro atoms. The highest BCUT2D eigenvalue weighted by atomic mass is 31.0. The molecule has 1 amide bonds. The number of carbonyl (C=O) groups excluding carboxylic acids is 1. The summed E-state index contributed by atoms with van der Waals surface area (Å²) < 4.78 is 5.13. The number of rotatable bonds is 5. The number of nitrogens with one attached hydrogen (secondary N) is 2. The zero-order valence-electron chi connectivity index (χ0n) is 16.0. The number of fused-ring (bicyclic) bond motifs is 1. The summed E-state index contributed by atoms with van der Waals surface area (Å²) in [6.07, 6.45) is 2.17. The molecule has 0 aliphatic heterocycles. The molecule has 142 valence electrons. The number of hydrogen-bond donors (Lipinski definition) is 2. The lowest BCUT2D eigenvalue weighted by Crippen LogP contribution is -2.17. The van der Waals surface area contributed by atoms with Crippen molar-refractivity contribution in [3.8, 4) is 6.01 Å². The van der Waals surface area contributed by atoms with Crippen molar-refractivity contribution in [2.75, 3.05) is 12.4 Å². The average molecular weight is 385 g/mol. The number of methoxy groups -OCH3 is 1. The third-order valence-electron chi connectivity index (χ3n) is 4.03. The Morgan fingerprint density at radius 2 is 1.89 bits per heavy atom. The van der Waals surface area contributed by atoms with Crippen LogP contribution in [-0.4, -0.2) is 33.0 Å². The second-order valence-electron chi connectivity index (χ2n) is 6.15. The first-order chi connectivity index (χ1) is 12.4. The Morgan fingerprint density at radius 3 is 2.48 bits per heavy atom. The summed E-state index contributed by atoms with van der Waals surface area (Å²) in [7, 11) is 1.51. The number of aryl methyl sites for hydroxylation is 3. The summed E-state index contributed by atoms with van der Waals surface area (Å²) in [5.74, 6) is 0.666. The fourth-order valence-corrected chi connectivity index (χ4v) is 3.04. The van der Waals surface area contributed by atoms with Gasteiger partial charge in [0.15, 0.2) is 11.5 Å². The number of allylic oxidation sites excluding steroid dienone is 1. The summed E-state index contributed by atoms with van der Waals surface area (Å²) in [6, 6.07) is 4.28. The van der Waals surface area contributed by atoms with Gasteiger partial charge in [0, 0.05) is 12.0 Å². The maximum Gasteiger partial charge on any atom is 0.295 e. The van der Waals surface area contributed by atoms with E-state index in [1.165, 1.54) is 7.11 Å². The molecule has 1 aromatic carbocycles. The Kier molecular flexibility index (Phi) is 6.28. The van der Waals surface area contributed by atoms with Crippen LogP contribution in [0.15, 0.2) is 24.8 Å². The quantitative estimate of drug-likeness (QED) is 0.519. The molecule has 1 atom stereocenters. The summed E-state index contributed by atoms with van der Waals surface area (Å²) in [4.78, 5) is 28.9. The van der Waals surface area contributed by atoms with Gasteiger partial charge in [0.05, 0.1) is 7.11 Å². The zero-order valence-corrected chi connectivity index (χ0v) is 17.4. The third kappa shape index (κ3) is 4.14. The predicted molar refractivity (Wildman–Crippen MR) is 112 cm³/mol. The molecule has 27 heavy (non-hydrogen) atoms. The van der Waals surface area contributed by atoms with Crippen LogP contribution >= 0.6 is 9.90 Å². The van der Waals surface area contributed by atoms with Gasteiger partial charge in [-0.15, -0.1) is 6.58 Å². The predicted octanol–water partition coefficient (Wildman–Crippen LogP) is 3.33. The fourth-order valence-electron chi connectivity index (χ4n) is 3.04. The van der Waals surface area contributed by atoms with E-state index in [9.17, 15) is 4.79 Å². The first-order valence-corrected chi connectivity index (χ1v) is 8.23. The van der Waals surface area contributed by atoms with E-state index in [-0.39, 0.29) is 15.8 Å². The molecule has 2 heterocycles. The summed E-state index contributed by atoms with van der Waals surface area (Å²) >= 11 is 0. The molecule has 3 aromatic rings. The van der Waals surface area contributed by atoms with E-state index in [2.05, 4.69) is 31.8 Å². The number of nitrogens with zero attached hydrogens (tertiary/aromatic N) is 3. The third-order valence-corrected chi connectivity index (χ3v) is 4.03. The number of aromatic amines is 1. The normalized spacial score (nSPS) is 10.4. The minimum absolute atomic E-state index is 0. The van der Waals surface area contributed by atoms with Gasteiger partial charge in [0.1, 0.15) is 11.3 Å². The minimum Gasteiger partial charge on any atom is -0.468 e. The molecule has 3 rings (SSSR count). The minimum atomic E-state index is -0.224. The van der Waals surface area contributed by atoms with Crippen molar-refractivity contribution in [2.24, 2.45) is 0 Å². The van der Waals surface area contributed by atoms with Crippen LogP contribution in [0, 0.1) is 20.8 Å².